The van der Waals surface area contributed by atoms with Crippen molar-refractivity contribution in [1.82, 2.24) is 9.88 Å². The van der Waals surface area contributed by atoms with Crippen molar-refractivity contribution in [1.29, 1.82) is 0 Å². The van der Waals surface area contributed by atoms with Crippen LogP contribution in [0.25, 0.3) is 0 Å². The summed E-state index contributed by atoms with van der Waals surface area (Å²) < 4.78 is 2.41. The van der Waals surface area contributed by atoms with Gasteiger partial charge in [0.25, 0.3) is 0 Å². The van der Waals surface area contributed by atoms with E-state index in [9.17, 15) is 0 Å². The second-order valence-corrected chi connectivity index (χ2v) is 4.46. The molecule has 1 N–H and O–H groups in total. The fourth-order valence-corrected chi connectivity index (χ4v) is 2.34. The third kappa shape index (κ3) is 1.85. The highest BCUT2D eigenvalue weighted by Crippen LogP contribution is 2.27. The molecule has 14 heavy (non-hydrogen) atoms. The summed E-state index contributed by atoms with van der Waals surface area (Å²) >= 11 is 0. The maximum Gasteiger partial charge on any atom is 0.0276 e. The van der Waals surface area contributed by atoms with Gasteiger partial charge in [0.2, 0.25) is 0 Å². The molecule has 2 heteroatoms. The molecule has 0 bridgehead atoms. The zero-order valence-electron chi connectivity index (χ0n) is 9.16. The molecule has 0 amide bonds. The van der Waals surface area contributed by atoms with Crippen molar-refractivity contribution in [3.63, 3.8) is 0 Å². The topological polar surface area (TPSA) is 17.0 Å². The van der Waals surface area contributed by atoms with Gasteiger partial charge in [0, 0.05) is 23.9 Å². The van der Waals surface area contributed by atoms with Crippen molar-refractivity contribution in [2.75, 3.05) is 13.1 Å². The van der Waals surface area contributed by atoms with Gasteiger partial charge in [0.15, 0.2) is 0 Å². The Morgan fingerprint density at radius 3 is 2.71 bits per heavy atom. The SMILES string of the molecule is CC(C)n1cccc1C1CCNCC1. The first kappa shape index (κ1) is 9.78. The van der Waals surface area contributed by atoms with E-state index in [1.807, 2.05) is 0 Å². The first-order chi connectivity index (χ1) is 6.79. The van der Waals surface area contributed by atoms with Gasteiger partial charge in [-0.1, -0.05) is 0 Å². The summed E-state index contributed by atoms with van der Waals surface area (Å²) in [4.78, 5) is 0. The molecule has 1 aromatic rings. The van der Waals surface area contributed by atoms with Crippen molar-refractivity contribution < 1.29 is 0 Å². The molecule has 0 atom stereocenters. The van der Waals surface area contributed by atoms with Gasteiger partial charge in [-0.25, -0.2) is 0 Å². The van der Waals surface area contributed by atoms with Crippen LogP contribution in [0.1, 0.15) is 44.3 Å². The molecule has 2 rings (SSSR count). The van der Waals surface area contributed by atoms with Crippen LogP contribution in [0.15, 0.2) is 18.3 Å². The standard InChI is InChI=1S/C12H20N2/c1-10(2)14-9-3-4-12(14)11-5-7-13-8-6-11/h3-4,9-11,13H,5-8H2,1-2H3. The van der Waals surface area contributed by atoms with E-state index in [1.54, 1.807) is 0 Å². The summed E-state index contributed by atoms with van der Waals surface area (Å²) in [6.07, 6.45) is 4.79. The molecule has 0 aromatic carbocycles. The van der Waals surface area contributed by atoms with Crippen molar-refractivity contribution in [3.8, 4) is 0 Å². The van der Waals surface area contributed by atoms with Gasteiger partial charge in [-0.2, -0.15) is 0 Å². The molecule has 1 aromatic heterocycles. The molecule has 1 saturated heterocycles. The normalized spacial score (nSPS) is 19.1. The molecule has 1 aliphatic rings. The van der Waals surface area contributed by atoms with Crippen molar-refractivity contribution in [2.24, 2.45) is 0 Å². The van der Waals surface area contributed by atoms with Crippen LogP contribution in [0.4, 0.5) is 0 Å². The smallest absolute Gasteiger partial charge is 0.0276 e. The van der Waals surface area contributed by atoms with E-state index in [4.69, 9.17) is 0 Å². The van der Waals surface area contributed by atoms with Crippen molar-refractivity contribution in [2.45, 2.75) is 38.6 Å². The molecule has 0 spiro atoms. The minimum atomic E-state index is 0.592. The van der Waals surface area contributed by atoms with E-state index in [0.29, 0.717) is 6.04 Å². The van der Waals surface area contributed by atoms with E-state index >= 15 is 0 Å². The fourth-order valence-electron chi connectivity index (χ4n) is 2.34. The molecule has 1 aliphatic heterocycles. The Labute approximate surface area is 86.3 Å². The van der Waals surface area contributed by atoms with Crippen LogP contribution in [0.2, 0.25) is 0 Å². The lowest BCUT2D eigenvalue weighted by molar-refractivity contribution is 0.429. The minimum Gasteiger partial charge on any atom is -0.349 e. The van der Waals surface area contributed by atoms with Crippen molar-refractivity contribution >= 4 is 0 Å². The third-order valence-electron chi connectivity index (χ3n) is 3.13. The largest absolute Gasteiger partial charge is 0.349 e. The summed E-state index contributed by atoms with van der Waals surface area (Å²) in [5.74, 6) is 0.772. The zero-order valence-corrected chi connectivity index (χ0v) is 9.16. The zero-order chi connectivity index (χ0) is 9.97. The molecule has 0 saturated carbocycles. The molecule has 0 unspecified atom stereocenters. The number of rotatable bonds is 2. The van der Waals surface area contributed by atoms with E-state index < -0.39 is 0 Å². The molecular formula is C12H20N2. The lowest BCUT2D eigenvalue weighted by Gasteiger charge is -2.25. The second-order valence-electron chi connectivity index (χ2n) is 4.46. The maximum atomic E-state index is 3.42. The van der Waals surface area contributed by atoms with E-state index in [-0.39, 0.29) is 0 Å². The van der Waals surface area contributed by atoms with E-state index in [0.717, 1.165) is 5.92 Å². The number of piperidine rings is 1. The third-order valence-corrected chi connectivity index (χ3v) is 3.13. The average molecular weight is 192 g/mol. The van der Waals surface area contributed by atoms with Crippen LogP contribution < -0.4 is 5.32 Å². The van der Waals surface area contributed by atoms with Crippen LogP contribution in [0.5, 0.6) is 0 Å². The Kier molecular flexibility index (Phi) is 2.92. The minimum absolute atomic E-state index is 0.592. The quantitative estimate of drug-likeness (QED) is 0.762. The highest BCUT2D eigenvalue weighted by atomic mass is 15.0. The number of hydrogen-bond acceptors (Lipinski definition) is 1. The van der Waals surface area contributed by atoms with Crippen LogP contribution in [-0.4, -0.2) is 17.7 Å². The number of hydrogen-bond donors (Lipinski definition) is 1. The molecular weight excluding hydrogens is 172 g/mol. The van der Waals surface area contributed by atoms with E-state index in [1.165, 1.54) is 31.6 Å². The Morgan fingerprint density at radius 2 is 2.07 bits per heavy atom. The van der Waals surface area contributed by atoms with Crippen LogP contribution in [0.3, 0.4) is 0 Å². The highest BCUT2D eigenvalue weighted by Gasteiger charge is 2.18. The summed E-state index contributed by atoms with van der Waals surface area (Å²) in [6, 6.07) is 5.06. The Bertz CT molecular complexity index is 282. The summed E-state index contributed by atoms with van der Waals surface area (Å²) in [5, 5.41) is 3.42. The first-order valence-electron chi connectivity index (χ1n) is 5.66. The predicted octanol–water partition coefficient (Wildman–Crippen LogP) is 2.54. The first-order valence-corrected chi connectivity index (χ1v) is 5.66. The fraction of sp³-hybridized carbons (Fsp3) is 0.667. The van der Waals surface area contributed by atoms with Gasteiger partial charge in [-0.05, 0) is 51.9 Å². The van der Waals surface area contributed by atoms with E-state index in [2.05, 4.69) is 42.1 Å². The number of nitrogens with one attached hydrogen (secondary N) is 1. The number of nitrogens with zero attached hydrogens (tertiary/aromatic N) is 1. The lowest BCUT2D eigenvalue weighted by Crippen LogP contribution is -2.27. The second kappa shape index (κ2) is 4.18. The Morgan fingerprint density at radius 1 is 1.36 bits per heavy atom. The summed E-state index contributed by atoms with van der Waals surface area (Å²) in [6.45, 7) is 6.86. The molecule has 0 radical (unpaired) electrons. The molecule has 78 valence electrons. The highest BCUT2D eigenvalue weighted by molar-refractivity contribution is 5.14. The van der Waals surface area contributed by atoms with Gasteiger partial charge in [-0.3, -0.25) is 0 Å². The van der Waals surface area contributed by atoms with Gasteiger partial charge < -0.3 is 9.88 Å². The molecule has 2 nitrogen and oxygen atoms in total. The van der Waals surface area contributed by atoms with Crippen LogP contribution in [0, 0.1) is 0 Å². The molecule has 1 fully saturated rings. The average Bonchev–Trinajstić information content (AvgIpc) is 2.67. The van der Waals surface area contributed by atoms with Crippen molar-refractivity contribution in [3.05, 3.63) is 24.0 Å². The van der Waals surface area contributed by atoms with Gasteiger partial charge in [0.05, 0.1) is 0 Å². The Balaban J connectivity index is 2.17. The summed E-state index contributed by atoms with van der Waals surface area (Å²) in [7, 11) is 0. The lowest BCUT2D eigenvalue weighted by atomic mass is 9.94. The predicted molar refractivity (Wildman–Crippen MR) is 59.7 cm³/mol. The Hall–Kier alpha value is -0.760. The van der Waals surface area contributed by atoms with Crippen LogP contribution >= 0.6 is 0 Å². The van der Waals surface area contributed by atoms with Gasteiger partial charge in [-0.15, -0.1) is 0 Å². The van der Waals surface area contributed by atoms with Crippen LogP contribution in [-0.2, 0) is 0 Å². The molecule has 2 heterocycles. The number of aromatic nitrogens is 1. The van der Waals surface area contributed by atoms with Gasteiger partial charge >= 0.3 is 0 Å². The summed E-state index contributed by atoms with van der Waals surface area (Å²) in [5.41, 5.74) is 1.53. The maximum absolute atomic E-state index is 3.42. The monoisotopic (exact) mass is 192 g/mol. The molecule has 0 aliphatic carbocycles. The van der Waals surface area contributed by atoms with Gasteiger partial charge in [0.1, 0.15) is 0 Å².